The third-order valence-corrected chi connectivity index (χ3v) is 6.94. The van der Waals surface area contributed by atoms with E-state index in [2.05, 4.69) is 15.2 Å². The van der Waals surface area contributed by atoms with Gasteiger partial charge in [0.25, 0.3) is 0 Å². The Morgan fingerprint density at radius 1 is 1.15 bits per heavy atom. The van der Waals surface area contributed by atoms with Crippen molar-refractivity contribution in [2.24, 2.45) is 0 Å². The van der Waals surface area contributed by atoms with Crippen LogP contribution >= 0.6 is 0 Å². The first-order valence-corrected chi connectivity index (χ1v) is 10.2. The van der Waals surface area contributed by atoms with E-state index < -0.39 is 16.1 Å². The minimum Gasteiger partial charge on any atom is -0.360 e. The molecule has 0 N–H and O–H groups in total. The first-order valence-electron chi connectivity index (χ1n) is 8.78. The van der Waals surface area contributed by atoms with Gasteiger partial charge in [0.05, 0.1) is 12.6 Å². The van der Waals surface area contributed by atoms with Crippen molar-refractivity contribution in [3.8, 4) is 0 Å². The monoisotopic (exact) mass is 387 g/mol. The Labute approximate surface area is 157 Å². The number of hydrogen-bond donors (Lipinski definition) is 0. The van der Waals surface area contributed by atoms with E-state index >= 15 is 0 Å². The first kappa shape index (κ1) is 17.9. The van der Waals surface area contributed by atoms with E-state index in [1.165, 1.54) is 4.31 Å². The SMILES string of the molecule is Cc1nc2n(n1)CCN(S(=O)(=O)c1c(C)noc1C)[C@H]2Cc1ccccc1. The first-order chi connectivity index (χ1) is 12.9. The number of aromatic nitrogens is 4. The van der Waals surface area contributed by atoms with E-state index in [4.69, 9.17) is 4.52 Å². The second-order valence-electron chi connectivity index (χ2n) is 6.71. The molecule has 0 fully saturated rings. The lowest BCUT2D eigenvalue weighted by Gasteiger charge is -2.34. The highest BCUT2D eigenvalue weighted by Gasteiger charge is 2.41. The van der Waals surface area contributed by atoms with Crippen molar-refractivity contribution in [3.05, 3.63) is 59.0 Å². The van der Waals surface area contributed by atoms with Crippen molar-refractivity contribution in [1.82, 2.24) is 24.2 Å². The number of nitrogens with zero attached hydrogens (tertiary/aromatic N) is 5. The molecule has 0 bridgehead atoms. The van der Waals surface area contributed by atoms with Gasteiger partial charge >= 0.3 is 0 Å². The molecule has 3 heterocycles. The van der Waals surface area contributed by atoms with Crippen LogP contribution in [0.3, 0.4) is 0 Å². The Morgan fingerprint density at radius 2 is 1.89 bits per heavy atom. The molecule has 0 saturated heterocycles. The summed E-state index contributed by atoms with van der Waals surface area (Å²) in [6.07, 6.45) is 0.515. The number of fused-ring (bicyclic) bond motifs is 1. The normalized spacial score (nSPS) is 17.8. The highest BCUT2D eigenvalue weighted by molar-refractivity contribution is 7.89. The predicted molar refractivity (Wildman–Crippen MR) is 97.5 cm³/mol. The number of hydrogen-bond acceptors (Lipinski definition) is 6. The molecule has 2 aromatic heterocycles. The quantitative estimate of drug-likeness (QED) is 0.681. The highest BCUT2D eigenvalue weighted by atomic mass is 32.2. The van der Waals surface area contributed by atoms with Gasteiger partial charge < -0.3 is 4.52 Å². The molecule has 27 heavy (non-hydrogen) atoms. The van der Waals surface area contributed by atoms with Crippen molar-refractivity contribution >= 4 is 10.0 Å². The zero-order valence-corrected chi connectivity index (χ0v) is 16.3. The highest BCUT2D eigenvalue weighted by Crippen LogP contribution is 2.34. The molecule has 9 heteroatoms. The molecule has 1 aliphatic heterocycles. The summed E-state index contributed by atoms with van der Waals surface area (Å²) >= 11 is 0. The van der Waals surface area contributed by atoms with Crippen LogP contribution in [0.15, 0.2) is 39.8 Å². The summed E-state index contributed by atoms with van der Waals surface area (Å²) in [6.45, 7) is 5.86. The minimum absolute atomic E-state index is 0.144. The van der Waals surface area contributed by atoms with Gasteiger partial charge in [-0.25, -0.2) is 18.1 Å². The Morgan fingerprint density at radius 3 is 2.56 bits per heavy atom. The van der Waals surface area contributed by atoms with Crippen molar-refractivity contribution in [2.45, 2.75) is 44.7 Å². The summed E-state index contributed by atoms with van der Waals surface area (Å²) in [4.78, 5) is 4.67. The van der Waals surface area contributed by atoms with E-state index in [0.717, 1.165) is 5.56 Å². The largest absolute Gasteiger partial charge is 0.360 e. The zero-order chi connectivity index (χ0) is 19.2. The van der Waals surface area contributed by atoms with Gasteiger partial charge in [-0.05, 0) is 32.8 Å². The average molecular weight is 387 g/mol. The molecule has 4 rings (SSSR count). The molecule has 142 valence electrons. The van der Waals surface area contributed by atoms with Crippen LogP contribution in [0.4, 0.5) is 0 Å². The summed E-state index contributed by atoms with van der Waals surface area (Å²) < 4.78 is 35.4. The summed E-state index contributed by atoms with van der Waals surface area (Å²) in [7, 11) is -3.79. The molecular weight excluding hydrogens is 366 g/mol. The van der Waals surface area contributed by atoms with Crippen molar-refractivity contribution in [1.29, 1.82) is 0 Å². The fourth-order valence-corrected chi connectivity index (χ4v) is 5.51. The second-order valence-corrected chi connectivity index (χ2v) is 8.54. The molecule has 0 amide bonds. The summed E-state index contributed by atoms with van der Waals surface area (Å²) in [5, 5.41) is 8.23. The maximum absolute atomic E-state index is 13.5. The van der Waals surface area contributed by atoms with E-state index in [1.807, 2.05) is 41.9 Å². The zero-order valence-electron chi connectivity index (χ0n) is 15.5. The van der Waals surface area contributed by atoms with Gasteiger partial charge in [0.1, 0.15) is 22.2 Å². The molecule has 1 aromatic carbocycles. The lowest BCUT2D eigenvalue weighted by Crippen LogP contribution is -2.43. The minimum atomic E-state index is -3.79. The van der Waals surface area contributed by atoms with Crippen LogP contribution in [0, 0.1) is 20.8 Å². The Kier molecular flexibility index (Phi) is 4.35. The van der Waals surface area contributed by atoms with E-state index in [9.17, 15) is 8.42 Å². The smallest absolute Gasteiger partial charge is 0.249 e. The molecule has 1 atom stereocenters. The Balaban J connectivity index is 1.81. The van der Waals surface area contributed by atoms with Gasteiger partial charge in [-0.1, -0.05) is 35.5 Å². The molecule has 1 aliphatic rings. The second kappa shape index (κ2) is 6.58. The summed E-state index contributed by atoms with van der Waals surface area (Å²) in [6, 6.07) is 9.37. The van der Waals surface area contributed by atoms with Crippen LogP contribution in [0.2, 0.25) is 0 Å². The van der Waals surface area contributed by atoms with Gasteiger partial charge in [0.2, 0.25) is 10.0 Å². The average Bonchev–Trinajstić information content (AvgIpc) is 3.17. The summed E-state index contributed by atoms with van der Waals surface area (Å²) in [5.41, 5.74) is 1.41. The van der Waals surface area contributed by atoms with Gasteiger partial charge in [0, 0.05) is 6.54 Å². The maximum atomic E-state index is 13.5. The van der Waals surface area contributed by atoms with Crippen LogP contribution < -0.4 is 0 Å². The van der Waals surface area contributed by atoms with Crippen molar-refractivity contribution in [2.75, 3.05) is 6.54 Å². The Hall–Kier alpha value is -2.52. The molecule has 0 saturated carbocycles. The summed E-state index contributed by atoms with van der Waals surface area (Å²) in [5.74, 6) is 1.60. The maximum Gasteiger partial charge on any atom is 0.249 e. The van der Waals surface area contributed by atoms with Crippen LogP contribution in [0.1, 0.15) is 34.7 Å². The predicted octanol–water partition coefficient (Wildman–Crippen LogP) is 2.18. The third kappa shape index (κ3) is 3.06. The molecule has 3 aromatic rings. The van der Waals surface area contributed by atoms with Gasteiger partial charge in [0.15, 0.2) is 5.76 Å². The van der Waals surface area contributed by atoms with E-state index in [0.29, 0.717) is 42.6 Å². The Bertz CT molecular complexity index is 1050. The van der Waals surface area contributed by atoms with Crippen LogP contribution in [0.5, 0.6) is 0 Å². The number of aryl methyl sites for hydroxylation is 3. The standard InChI is InChI=1S/C18H21N5O3S/c1-12-17(13(2)26-21-12)27(24,25)23-10-9-22-18(19-14(3)20-22)16(23)11-15-7-5-4-6-8-15/h4-8,16H,9-11H2,1-3H3/t16-/m0/s1. The lowest BCUT2D eigenvalue weighted by molar-refractivity contribution is 0.248. The molecular formula is C18H21N5O3S. The number of sulfonamides is 1. The van der Waals surface area contributed by atoms with Crippen LogP contribution in [0.25, 0.3) is 0 Å². The lowest BCUT2D eigenvalue weighted by atomic mass is 10.0. The van der Waals surface area contributed by atoms with Gasteiger partial charge in [-0.15, -0.1) is 0 Å². The molecule has 0 unspecified atom stereocenters. The molecule has 0 aliphatic carbocycles. The molecule has 8 nitrogen and oxygen atoms in total. The fourth-order valence-electron chi connectivity index (χ4n) is 3.64. The van der Waals surface area contributed by atoms with Crippen molar-refractivity contribution in [3.63, 3.8) is 0 Å². The number of rotatable bonds is 4. The van der Waals surface area contributed by atoms with E-state index in [-0.39, 0.29) is 4.90 Å². The molecule has 0 radical (unpaired) electrons. The van der Waals surface area contributed by atoms with Crippen LogP contribution in [-0.2, 0) is 23.0 Å². The van der Waals surface area contributed by atoms with Crippen LogP contribution in [-0.4, -0.2) is 39.2 Å². The molecule has 0 spiro atoms. The van der Waals surface area contributed by atoms with Crippen molar-refractivity contribution < 1.29 is 12.9 Å². The topological polar surface area (TPSA) is 94.1 Å². The number of benzene rings is 1. The fraction of sp³-hybridized carbons (Fsp3) is 0.389. The van der Waals surface area contributed by atoms with Gasteiger partial charge in [-0.2, -0.15) is 9.40 Å². The van der Waals surface area contributed by atoms with E-state index in [1.54, 1.807) is 13.8 Å². The third-order valence-electron chi connectivity index (χ3n) is 4.79. The van der Waals surface area contributed by atoms with Gasteiger partial charge in [-0.3, -0.25) is 0 Å².